The van der Waals surface area contributed by atoms with Gasteiger partial charge in [0.25, 0.3) is 0 Å². The predicted octanol–water partition coefficient (Wildman–Crippen LogP) is 1.06. The average Bonchev–Trinajstić information content (AvgIpc) is 2.32. The molecule has 1 fully saturated rings. The molecule has 0 radical (unpaired) electrons. The number of carbonyl (C=O) groups is 1. The molecule has 3 heteroatoms. The first-order valence-electron chi connectivity index (χ1n) is 5.19. The van der Waals surface area contributed by atoms with E-state index in [1.165, 1.54) is 0 Å². The summed E-state index contributed by atoms with van der Waals surface area (Å²) < 4.78 is 0. The van der Waals surface area contributed by atoms with E-state index in [0.717, 1.165) is 25.8 Å². The molecule has 1 unspecified atom stereocenters. The van der Waals surface area contributed by atoms with E-state index in [2.05, 4.69) is 4.90 Å². The Kier molecular flexibility index (Phi) is 3.02. The van der Waals surface area contributed by atoms with Gasteiger partial charge in [0.15, 0.2) is 0 Å². The van der Waals surface area contributed by atoms with Crippen molar-refractivity contribution in [3.8, 4) is 0 Å². The van der Waals surface area contributed by atoms with Gasteiger partial charge in [0.1, 0.15) is 6.29 Å². The number of aliphatic hydroxyl groups is 1. The number of nitrogens with zero attached hydrogens (tertiary/aromatic N) is 1. The third-order valence-electron chi connectivity index (χ3n) is 3.22. The lowest BCUT2D eigenvalue weighted by molar-refractivity contribution is -0.116. The van der Waals surface area contributed by atoms with Crippen LogP contribution in [0.4, 0.5) is 0 Å². The molecule has 1 aliphatic heterocycles. The minimum Gasteiger partial charge on any atom is -0.391 e. The van der Waals surface area contributed by atoms with E-state index in [-0.39, 0.29) is 17.1 Å². The SMILES string of the molecule is CC(C)(C=O)CN1CCC(O)C1(C)C. The van der Waals surface area contributed by atoms with Crippen LogP contribution < -0.4 is 0 Å². The molecule has 0 aromatic heterocycles. The van der Waals surface area contributed by atoms with Gasteiger partial charge in [0.2, 0.25) is 0 Å². The lowest BCUT2D eigenvalue weighted by Crippen LogP contribution is -2.48. The molecule has 1 saturated heterocycles. The van der Waals surface area contributed by atoms with Crippen molar-refractivity contribution in [3.05, 3.63) is 0 Å². The van der Waals surface area contributed by atoms with Crippen LogP contribution in [0.3, 0.4) is 0 Å². The first-order chi connectivity index (χ1) is 6.29. The predicted molar refractivity (Wildman–Crippen MR) is 56.1 cm³/mol. The summed E-state index contributed by atoms with van der Waals surface area (Å²) in [7, 11) is 0. The first kappa shape index (κ1) is 11.7. The van der Waals surface area contributed by atoms with Crippen LogP contribution >= 0.6 is 0 Å². The summed E-state index contributed by atoms with van der Waals surface area (Å²) in [4.78, 5) is 13.0. The van der Waals surface area contributed by atoms with E-state index >= 15 is 0 Å². The van der Waals surface area contributed by atoms with Crippen molar-refractivity contribution in [2.45, 2.75) is 45.8 Å². The van der Waals surface area contributed by atoms with Crippen molar-refractivity contribution in [2.24, 2.45) is 5.41 Å². The van der Waals surface area contributed by atoms with Gasteiger partial charge in [0, 0.05) is 24.0 Å². The lowest BCUT2D eigenvalue weighted by atomic mass is 9.92. The number of aldehydes is 1. The van der Waals surface area contributed by atoms with Crippen molar-refractivity contribution in [1.29, 1.82) is 0 Å². The van der Waals surface area contributed by atoms with Crippen LogP contribution in [0.1, 0.15) is 34.1 Å². The summed E-state index contributed by atoms with van der Waals surface area (Å²) in [6, 6.07) is 0. The zero-order chi connectivity index (χ0) is 11.0. The van der Waals surface area contributed by atoms with Gasteiger partial charge in [-0.15, -0.1) is 0 Å². The van der Waals surface area contributed by atoms with Crippen LogP contribution in [0.25, 0.3) is 0 Å². The van der Waals surface area contributed by atoms with E-state index in [1.807, 2.05) is 27.7 Å². The van der Waals surface area contributed by atoms with Crippen molar-refractivity contribution < 1.29 is 9.90 Å². The number of likely N-dealkylation sites (tertiary alicyclic amines) is 1. The van der Waals surface area contributed by atoms with Crippen molar-refractivity contribution >= 4 is 6.29 Å². The Bertz CT molecular complexity index is 223. The third kappa shape index (κ3) is 2.15. The minimum absolute atomic E-state index is 0.194. The Labute approximate surface area is 86.1 Å². The maximum absolute atomic E-state index is 10.8. The van der Waals surface area contributed by atoms with Crippen LogP contribution in [0, 0.1) is 5.41 Å². The Morgan fingerprint density at radius 3 is 2.50 bits per heavy atom. The molecule has 3 nitrogen and oxygen atoms in total. The summed E-state index contributed by atoms with van der Waals surface area (Å²) in [6.45, 7) is 9.53. The Morgan fingerprint density at radius 1 is 1.57 bits per heavy atom. The molecule has 1 rings (SSSR count). The van der Waals surface area contributed by atoms with E-state index in [4.69, 9.17) is 0 Å². The number of carbonyl (C=O) groups excluding carboxylic acids is 1. The normalized spacial score (nSPS) is 27.9. The minimum atomic E-state index is -0.318. The number of aliphatic hydroxyl groups excluding tert-OH is 1. The Hall–Kier alpha value is -0.410. The molecule has 0 amide bonds. The quantitative estimate of drug-likeness (QED) is 0.691. The second-order valence-electron chi connectivity index (χ2n) is 5.49. The molecule has 1 heterocycles. The first-order valence-corrected chi connectivity index (χ1v) is 5.19. The highest BCUT2D eigenvalue weighted by atomic mass is 16.3. The molecular weight excluding hydrogens is 178 g/mol. The summed E-state index contributed by atoms with van der Waals surface area (Å²) in [5.41, 5.74) is -0.512. The molecule has 82 valence electrons. The second-order valence-corrected chi connectivity index (χ2v) is 5.49. The molecule has 1 atom stereocenters. The zero-order valence-electron chi connectivity index (χ0n) is 9.58. The van der Waals surface area contributed by atoms with Gasteiger partial charge < -0.3 is 9.90 Å². The van der Waals surface area contributed by atoms with E-state index in [1.54, 1.807) is 0 Å². The number of rotatable bonds is 3. The number of hydrogen-bond donors (Lipinski definition) is 1. The maximum atomic E-state index is 10.8. The highest BCUT2D eigenvalue weighted by Gasteiger charge is 2.41. The second kappa shape index (κ2) is 3.63. The fraction of sp³-hybridized carbons (Fsp3) is 0.909. The molecule has 0 aromatic carbocycles. The van der Waals surface area contributed by atoms with Crippen molar-refractivity contribution in [1.82, 2.24) is 4.90 Å². The fourth-order valence-corrected chi connectivity index (χ4v) is 1.94. The molecule has 0 bridgehead atoms. The molecule has 0 spiro atoms. The molecule has 1 N–H and O–H groups in total. The van der Waals surface area contributed by atoms with E-state index < -0.39 is 0 Å². The molecule has 14 heavy (non-hydrogen) atoms. The summed E-state index contributed by atoms with van der Waals surface area (Å²) in [5.74, 6) is 0. The van der Waals surface area contributed by atoms with Gasteiger partial charge in [-0.2, -0.15) is 0 Å². The third-order valence-corrected chi connectivity index (χ3v) is 3.22. The lowest BCUT2D eigenvalue weighted by Gasteiger charge is -2.37. The van der Waals surface area contributed by atoms with Crippen LogP contribution in [-0.2, 0) is 4.79 Å². The highest BCUT2D eigenvalue weighted by molar-refractivity contribution is 5.58. The topological polar surface area (TPSA) is 40.5 Å². The van der Waals surface area contributed by atoms with Crippen LogP contribution in [0.5, 0.6) is 0 Å². The van der Waals surface area contributed by atoms with Crippen LogP contribution in [0.15, 0.2) is 0 Å². The fourth-order valence-electron chi connectivity index (χ4n) is 1.94. The molecule has 1 aliphatic rings. The van der Waals surface area contributed by atoms with Gasteiger partial charge in [-0.3, -0.25) is 4.90 Å². The van der Waals surface area contributed by atoms with Gasteiger partial charge >= 0.3 is 0 Å². The molecule has 0 aliphatic carbocycles. The summed E-state index contributed by atoms with van der Waals surface area (Å²) in [6.07, 6.45) is 1.53. The Balaban J connectivity index is 2.67. The summed E-state index contributed by atoms with van der Waals surface area (Å²) >= 11 is 0. The Morgan fingerprint density at radius 2 is 2.14 bits per heavy atom. The molecular formula is C11H21NO2. The van der Waals surface area contributed by atoms with Gasteiger partial charge in [0.05, 0.1) is 6.10 Å². The average molecular weight is 199 g/mol. The molecule has 0 saturated carbocycles. The highest BCUT2D eigenvalue weighted by Crippen LogP contribution is 2.31. The maximum Gasteiger partial charge on any atom is 0.126 e. The van der Waals surface area contributed by atoms with Gasteiger partial charge in [-0.1, -0.05) is 13.8 Å². The molecule has 0 aromatic rings. The standard InChI is InChI=1S/C11H21NO2/c1-10(2,8-13)7-12-6-5-9(14)11(12,3)4/h8-9,14H,5-7H2,1-4H3. The van der Waals surface area contributed by atoms with Crippen LogP contribution in [0.2, 0.25) is 0 Å². The van der Waals surface area contributed by atoms with E-state index in [9.17, 15) is 9.90 Å². The van der Waals surface area contributed by atoms with Gasteiger partial charge in [-0.25, -0.2) is 0 Å². The number of hydrogen-bond acceptors (Lipinski definition) is 3. The van der Waals surface area contributed by atoms with E-state index in [0.29, 0.717) is 0 Å². The van der Waals surface area contributed by atoms with Crippen LogP contribution in [-0.4, -0.2) is 41.0 Å². The summed E-state index contributed by atoms with van der Waals surface area (Å²) in [5, 5.41) is 9.77. The van der Waals surface area contributed by atoms with Gasteiger partial charge in [-0.05, 0) is 20.3 Å². The zero-order valence-corrected chi connectivity index (χ0v) is 9.58. The van der Waals surface area contributed by atoms with Crippen molar-refractivity contribution in [2.75, 3.05) is 13.1 Å². The monoisotopic (exact) mass is 199 g/mol. The van der Waals surface area contributed by atoms with Crippen molar-refractivity contribution in [3.63, 3.8) is 0 Å². The smallest absolute Gasteiger partial charge is 0.126 e. The largest absolute Gasteiger partial charge is 0.391 e.